The predicted octanol–water partition coefficient (Wildman–Crippen LogP) is -0.367. The van der Waals surface area contributed by atoms with Crippen LogP contribution in [-0.2, 0) is 4.79 Å². The average molecular weight is 295 g/mol. The van der Waals surface area contributed by atoms with Gasteiger partial charge < -0.3 is 10.2 Å². The van der Waals surface area contributed by atoms with E-state index in [9.17, 15) is 14.9 Å². The van der Waals surface area contributed by atoms with Crippen molar-refractivity contribution in [2.75, 3.05) is 30.5 Å². The Hall–Kier alpha value is -2.49. The number of aromatic nitrogens is 2. The van der Waals surface area contributed by atoms with Crippen molar-refractivity contribution < 1.29 is 9.72 Å². The van der Waals surface area contributed by atoms with Gasteiger partial charge in [0.25, 0.3) is 0 Å². The Morgan fingerprint density at radius 2 is 2.33 bits per heavy atom. The molecule has 0 bridgehead atoms. The molecule has 1 amide bonds. The highest BCUT2D eigenvalue weighted by Crippen LogP contribution is 2.36. The Labute approximate surface area is 120 Å². The van der Waals surface area contributed by atoms with Crippen LogP contribution in [0, 0.1) is 15.5 Å². The topological polar surface area (TPSA) is 139 Å². The Bertz CT molecular complexity index is 579. The number of nitrogens with zero attached hydrogens (tertiary/aromatic N) is 4. The zero-order valence-electron chi connectivity index (χ0n) is 11.8. The Balaban J connectivity index is 2.34. The van der Waals surface area contributed by atoms with E-state index in [4.69, 9.17) is 5.84 Å². The molecule has 21 heavy (non-hydrogen) atoms. The molecule has 1 aliphatic rings. The van der Waals surface area contributed by atoms with Crippen molar-refractivity contribution >= 4 is 23.4 Å². The predicted molar refractivity (Wildman–Crippen MR) is 75.5 cm³/mol. The van der Waals surface area contributed by atoms with Gasteiger partial charge in [-0.15, -0.1) is 0 Å². The van der Waals surface area contributed by atoms with E-state index in [0.717, 1.165) is 6.20 Å². The standard InChI is InChI=1S/C11H17N7O3/c1-11(9(19)13-2)3-4-17(6-11)8-7(18(20)21)5-14-10(15-8)16-12/h5H,3-4,6,12H2,1-2H3,(H,13,19)(H,14,15,16). The maximum Gasteiger partial charge on any atom is 0.329 e. The van der Waals surface area contributed by atoms with Gasteiger partial charge in [-0.2, -0.15) is 4.98 Å². The molecule has 0 saturated carbocycles. The lowest BCUT2D eigenvalue weighted by molar-refractivity contribution is -0.384. The van der Waals surface area contributed by atoms with E-state index in [2.05, 4.69) is 20.7 Å². The van der Waals surface area contributed by atoms with Crippen molar-refractivity contribution in [3.8, 4) is 0 Å². The van der Waals surface area contributed by atoms with Gasteiger partial charge in [-0.1, -0.05) is 0 Å². The van der Waals surface area contributed by atoms with Crippen molar-refractivity contribution in [1.82, 2.24) is 15.3 Å². The zero-order valence-corrected chi connectivity index (χ0v) is 11.8. The van der Waals surface area contributed by atoms with E-state index in [1.807, 2.05) is 6.92 Å². The average Bonchev–Trinajstić information content (AvgIpc) is 2.89. The van der Waals surface area contributed by atoms with Gasteiger partial charge in [-0.3, -0.25) is 20.3 Å². The molecule has 0 radical (unpaired) electrons. The third-order valence-corrected chi connectivity index (χ3v) is 3.62. The fourth-order valence-corrected chi connectivity index (χ4v) is 2.43. The Morgan fingerprint density at radius 3 is 2.90 bits per heavy atom. The summed E-state index contributed by atoms with van der Waals surface area (Å²) in [5, 5.41) is 13.7. The normalized spacial score (nSPS) is 21.2. The molecule has 1 aromatic heterocycles. The number of hydrazine groups is 1. The minimum absolute atomic E-state index is 0.0872. The smallest absolute Gasteiger partial charge is 0.329 e. The Kier molecular flexibility index (Phi) is 3.89. The highest BCUT2D eigenvalue weighted by Gasteiger charge is 2.42. The fourth-order valence-electron chi connectivity index (χ4n) is 2.43. The second-order valence-electron chi connectivity index (χ2n) is 5.12. The molecule has 114 valence electrons. The lowest BCUT2D eigenvalue weighted by Gasteiger charge is -2.23. The van der Waals surface area contributed by atoms with E-state index >= 15 is 0 Å². The third-order valence-electron chi connectivity index (χ3n) is 3.62. The monoisotopic (exact) mass is 295 g/mol. The second-order valence-corrected chi connectivity index (χ2v) is 5.12. The summed E-state index contributed by atoms with van der Waals surface area (Å²) < 4.78 is 0. The largest absolute Gasteiger partial charge is 0.359 e. The molecule has 1 aliphatic heterocycles. The van der Waals surface area contributed by atoms with Crippen LogP contribution in [0.2, 0.25) is 0 Å². The number of hydrogen-bond donors (Lipinski definition) is 3. The van der Waals surface area contributed by atoms with Crippen molar-refractivity contribution in [1.29, 1.82) is 0 Å². The Morgan fingerprint density at radius 1 is 1.62 bits per heavy atom. The van der Waals surface area contributed by atoms with Gasteiger partial charge in [0.15, 0.2) is 0 Å². The number of carbonyl (C=O) groups excluding carboxylic acids is 1. The van der Waals surface area contributed by atoms with Crippen molar-refractivity contribution in [2.24, 2.45) is 11.3 Å². The van der Waals surface area contributed by atoms with Gasteiger partial charge in [-0.25, -0.2) is 10.8 Å². The first-order valence-electron chi connectivity index (χ1n) is 6.36. The lowest BCUT2D eigenvalue weighted by atomic mass is 9.89. The number of nitrogens with two attached hydrogens (primary N) is 1. The number of rotatable bonds is 4. The summed E-state index contributed by atoms with van der Waals surface area (Å²) in [6, 6.07) is 0. The molecule has 4 N–H and O–H groups in total. The summed E-state index contributed by atoms with van der Waals surface area (Å²) in [4.78, 5) is 32.0. The molecule has 0 spiro atoms. The molecule has 0 aromatic carbocycles. The van der Waals surface area contributed by atoms with Gasteiger partial charge in [0.2, 0.25) is 17.7 Å². The fraction of sp³-hybridized carbons (Fsp3) is 0.545. The van der Waals surface area contributed by atoms with Crippen LogP contribution in [0.4, 0.5) is 17.5 Å². The second kappa shape index (κ2) is 5.48. The van der Waals surface area contributed by atoms with Crippen molar-refractivity contribution in [2.45, 2.75) is 13.3 Å². The number of nitrogen functional groups attached to an aromatic ring is 1. The molecule has 1 unspecified atom stereocenters. The van der Waals surface area contributed by atoms with Gasteiger partial charge in [0.05, 0.1) is 10.3 Å². The van der Waals surface area contributed by atoms with Crippen LogP contribution in [0.3, 0.4) is 0 Å². The van der Waals surface area contributed by atoms with Gasteiger partial charge in [-0.05, 0) is 13.3 Å². The van der Waals surface area contributed by atoms with E-state index in [-0.39, 0.29) is 23.4 Å². The molecule has 10 nitrogen and oxygen atoms in total. The molecule has 0 aliphatic carbocycles. The maximum atomic E-state index is 11.9. The van der Waals surface area contributed by atoms with Crippen molar-refractivity contribution in [3.63, 3.8) is 0 Å². The van der Waals surface area contributed by atoms with E-state index in [1.54, 1.807) is 11.9 Å². The molecular formula is C11H17N7O3. The molecular weight excluding hydrogens is 278 g/mol. The van der Waals surface area contributed by atoms with Gasteiger partial charge >= 0.3 is 5.69 Å². The van der Waals surface area contributed by atoms with Crippen LogP contribution >= 0.6 is 0 Å². The van der Waals surface area contributed by atoms with E-state index in [1.165, 1.54) is 0 Å². The lowest BCUT2D eigenvalue weighted by Crippen LogP contribution is -2.39. The van der Waals surface area contributed by atoms with Crippen LogP contribution in [0.25, 0.3) is 0 Å². The summed E-state index contributed by atoms with van der Waals surface area (Å²) in [6.07, 6.45) is 1.69. The summed E-state index contributed by atoms with van der Waals surface area (Å²) in [6.45, 7) is 2.65. The number of hydrogen-bond acceptors (Lipinski definition) is 8. The maximum absolute atomic E-state index is 11.9. The minimum Gasteiger partial charge on any atom is -0.359 e. The summed E-state index contributed by atoms with van der Waals surface area (Å²) >= 11 is 0. The van der Waals surface area contributed by atoms with Gasteiger partial charge in [0.1, 0.15) is 6.20 Å². The quantitative estimate of drug-likeness (QED) is 0.388. The molecule has 1 aromatic rings. The van der Waals surface area contributed by atoms with Crippen LogP contribution < -0.4 is 21.5 Å². The molecule has 1 atom stereocenters. The van der Waals surface area contributed by atoms with Crippen LogP contribution in [0.1, 0.15) is 13.3 Å². The number of nitrogens with one attached hydrogen (secondary N) is 2. The summed E-state index contributed by atoms with van der Waals surface area (Å²) in [5.74, 6) is 5.39. The molecule has 10 heteroatoms. The summed E-state index contributed by atoms with van der Waals surface area (Å²) in [7, 11) is 1.57. The molecule has 2 rings (SSSR count). The van der Waals surface area contributed by atoms with E-state index < -0.39 is 10.3 Å². The van der Waals surface area contributed by atoms with Crippen molar-refractivity contribution in [3.05, 3.63) is 16.3 Å². The number of nitro groups is 1. The molecule has 1 saturated heterocycles. The van der Waals surface area contributed by atoms with Crippen LogP contribution in [-0.4, -0.2) is 40.9 Å². The first-order valence-corrected chi connectivity index (χ1v) is 6.36. The molecule has 2 heterocycles. The highest BCUT2D eigenvalue weighted by molar-refractivity contribution is 5.83. The number of carbonyl (C=O) groups is 1. The van der Waals surface area contributed by atoms with Crippen LogP contribution in [0.15, 0.2) is 6.20 Å². The minimum atomic E-state index is -0.607. The first kappa shape index (κ1) is 14.9. The van der Waals surface area contributed by atoms with Gasteiger partial charge in [0, 0.05) is 20.1 Å². The third kappa shape index (κ3) is 2.70. The molecule has 1 fully saturated rings. The highest BCUT2D eigenvalue weighted by atomic mass is 16.6. The number of amides is 1. The first-order chi connectivity index (χ1) is 9.91. The van der Waals surface area contributed by atoms with Crippen LogP contribution in [0.5, 0.6) is 0 Å². The number of anilines is 2. The SMILES string of the molecule is CNC(=O)C1(C)CCN(c2nc(NN)ncc2[N+](=O)[O-])C1. The van der Waals surface area contributed by atoms with E-state index in [0.29, 0.717) is 19.5 Å². The zero-order chi connectivity index (χ0) is 15.6. The summed E-state index contributed by atoms with van der Waals surface area (Å²) in [5.41, 5.74) is 1.44.